The van der Waals surface area contributed by atoms with Crippen molar-refractivity contribution < 1.29 is 25.6 Å². The molecule has 0 heterocycles. The van der Waals surface area contributed by atoms with Crippen LogP contribution in [0.15, 0.2) is 18.2 Å². The first-order valence-corrected chi connectivity index (χ1v) is 8.72. The number of hydrogen-bond acceptors (Lipinski definition) is 7. The van der Waals surface area contributed by atoms with Crippen molar-refractivity contribution >= 4 is 0 Å². The van der Waals surface area contributed by atoms with E-state index in [0.717, 1.165) is 24.3 Å². The average Bonchev–Trinajstić information content (AvgIpc) is 2.69. The van der Waals surface area contributed by atoms with Gasteiger partial charge in [-0.1, -0.05) is 25.8 Å². The van der Waals surface area contributed by atoms with Crippen molar-refractivity contribution in [2.45, 2.75) is 32.9 Å². The van der Waals surface area contributed by atoms with Crippen molar-refractivity contribution in [2.75, 3.05) is 40.1 Å². The zero-order valence-corrected chi connectivity index (χ0v) is 16.0. The highest BCUT2D eigenvalue weighted by Crippen LogP contribution is 2.23. The minimum Gasteiger partial charge on any atom is -0.496 e. The molecule has 0 fully saturated rings. The van der Waals surface area contributed by atoms with Gasteiger partial charge in [0.2, 0.25) is 0 Å². The molecule has 1 unspecified atom stereocenters. The topological polar surface area (TPSA) is 95.2 Å². The highest BCUT2D eigenvalue weighted by atomic mass is 16.6. The first-order chi connectivity index (χ1) is 12.7. The summed E-state index contributed by atoms with van der Waals surface area (Å²) in [4.78, 5) is 4.68. The van der Waals surface area contributed by atoms with Gasteiger partial charge < -0.3 is 29.5 Å². The Morgan fingerprint density at radius 2 is 2.04 bits per heavy atom. The summed E-state index contributed by atoms with van der Waals surface area (Å²) >= 11 is 0. The molecule has 1 aromatic carbocycles. The summed E-state index contributed by atoms with van der Waals surface area (Å²) in [6.07, 6.45) is 5.21. The third-order valence-corrected chi connectivity index (χ3v) is 3.16. The molecule has 1 rings (SSSR count). The number of terminal acetylenes is 1. The first kappa shape index (κ1) is 24.2. The Bertz CT molecular complexity index is 511. The number of benzene rings is 1. The second-order valence-corrected chi connectivity index (χ2v) is 5.07. The molecule has 0 aromatic heterocycles. The van der Waals surface area contributed by atoms with Gasteiger partial charge in [0, 0.05) is 26.2 Å². The smallest absolute Gasteiger partial charge is 0.150 e. The monoisotopic (exact) mass is 370 g/mol. The number of rotatable bonds is 13. The SMILES string of the molecule is C#CCOCC(O)COCCCNCc1ccc(ON)cc1OC.CC.[HH]. The molecule has 0 bridgehead atoms. The van der Waals surface area contributed by atoms with Crippen LogP contribution < -0.4 is 20.8 Å². The van der Waals surface area contributed by atoms with Crippen LogP contribution in [0.5, 0.6) is 11.5 Å². The lowest BCUT2D eigenvalue weighted by Crippen LogP contribution is -2.23. The van der Waals surface area contributed by atoms with Gasteiger partial charge >= 0.3 is 0 Å². The molecular weight excluding hydrogens is 336 g/mol. The van der Waals surface area contributed by atoms with Crippen molar-refractivity contribution in [2.24, 2.45) is 5.90 Å². The molecule has 0 spiro atoms. The molecule has 26 heavy (non-hydrogen) atoms. The van der Waals surface area contributed by atoms with Crippen LogP contribution in [0, 0.1) is 12.3 Å². The summed E-state index contributed by atoms with van der Waals surface area (Å²) in [5, 5.41) is 12.9. The van der Waals surface area contributed by atoms with Gasteiger partial charge in [-0.05, 0) is 19.0 Å². The standard InChI is InChI=1S/C17H26N2O5.C2H6.H2/c1-3-8-22-12-15(20)13-23-9-4-7-19-11-14-5-6-16(24-18)10-17(14)21-2;1-2;/h1,5-6,10,15,19-20H,4,7-9,11-13,18H2,2H3;1-2H3;1H. The van der Waals surface area contributed by atoms with Gasteiger partial charge in [-0.25, -0.2) is 0 Å². The highest BCUT2D eigenvalue weighted by Gasteiger charge is 2.05. The number of aliphatic hydroxyl groups is 1. The molecule has 0 saturated heterocycles. The van der Waals surface area contributed by atoms with Crippen molar-refractivity contribution in [3.8, 4) is 23.8 Å². The summed E-state index contributed by atoms with van der Waals surface area (Å²) in [6.45, 7) is 6.61. The van der Waals surface area contributed by atoms with Crippen molar-refractivity contribution in [1.82, 2.24) is 5.32 Å². The van der Waals surface area contributed by atoms with Crippen LogP contribution in [0.1, 0.15) is 27.3 Å². The lowest BCUT2D eigenvalue weighted by atomic mass is 10.2. The van der Waals surface area contributed by atoms with E-state index < -0.39 is 6.10 Å². The van der Waals surface area contributed by atoms with Crippen LogP contribution in [-0.2, 0) is 16.0 Å². The summed E-state index contributed by atoms with van der Waals surface area (Å²) in [7, 11) is 1.60. The second-order valence-electron chi connectivity index (χ2n) is 5.07. The van der Waals surface area contributed by atoms with Crippen molar-refractivity contribution in [3.63, 3.8) is 0 Å². The molecule has 0 radical (unpaired) electrons. The molecule has 0 amide bonds. The van der Waals surface area contributed by atoms with Crippen LogP contribution in [0.4, 0.5) is 0 Å². The van der Waals surface area contributed by atoms with Crippen LogP contribution in [0.2, 0.25) is 0 Å². The molecule has 0 saturated carbocycles. The summed E-state index contributed by atoms with van der Waals surface area (Å²) in [6, 6.07) is 5.42. The summed E-state index contributed by atoms with van der Waals surface area (Å²) in [5.74, 6) is 8.73. The molecule has 7 heteroatoms. The number of ether oxygens (including phenoxy) is 3. The third-order valence-electron chi connectivity index (χ3n) is 3.16. The van der Waals surface area contributed by atoms with Gasteiger partial charge in [-0.15, -0.1) is 6.42 Å². The van der Waals surface area contributed by atoms with Gasteiger partial charge in [0.1, 0.15) is 18.5 Å². The van der Waals surface area contributed by atoms with Gasteiger partial charge in [0.15, 0.2) is 5.75 Å². The predicted molar refractivity (Wildman–Crippen MR) is 104 cm³/mol. The Labute approximate surface area is 158 Å². The van der Waals surface area contributed by atoms with Gasteiger partial charge in [0.25, 0.3) is 0 Å². The van der Waals surface area contributed by atoms with E-state index in [2.05, 4.69) is 16.1 Å². The van der Waals surface area contributed by atoms with Crippen LogP contribution in [0.3, 0.4) is 0 Å². The van der Waals surface area contributed by atoms with Crippen molar-refractivity contribution in [3.05, 3.63) is 23.8 Å². The molecule has 150 valence electrons. The molecule has 0 aliphatic rings. The second kappa shape index (κ2) is 16.6. The quantitative estimate of drug-likeness (QED) is 0.276. The molecule has 4 N–H and O–H groups in total. The Morgan fingerprint density at radius 3 is 2.69 bits per heavy atom. The fourth-order valence-electron chi connectivity index (χ4n) is 1.99. The van der Waals surface area contributed by atoms with E-state index in [1.54, 1.807) is 19.2 Å². The molecule has 1 aromatic rings. The van der Waals surface area contributed by atoms with E-state index in [4.69, 9.17) is 26.5 Å². The summed E-state index contributed by atoms with van der Waals surface area (Å²) in [5.41, 5.74) is 1.01. The number of nitrogens with two attached hydrogens (primary N) is 1. The highest BCUT2D eigenvalue weighted by molar-refractivity contribution is 5.40. The summed E-state index contributed by atoms with van der Waals surface area (Å²) < 4.78 is 15.7. The molecule has 7 nitrogen and oxygen atoms in total. The fraction of sp³-hybridized carbons (Fsp3) is 0.579. The number of hydrogen-bond donors (Lipinski definition) is 3. The molecule has 1 atom stereocenters. The van der Waals surface area contributed by atoms with Gasteiger partial charge in [0.05, 0.1) is 20.3 Å². The third kappa shape index (κ3) is 10.9. The first-order valence-electron chi connectivity index (χ1n) is 8.72. The molecule has 0 aliphatic carbocycles. The zero-order chi connectivity index (χ0) is 19.6. The average molecular weight is 370 g/mol. The largest absolute Gasteiger partial charge is 0.496 e. The van der Waals surface area contributed by atoms with E-state index >= 15 is 0 Å². The van der Waals surface area contributed by atoms with E-state index in [9.17, 15) is 5.11 Å². The fourth-order valence-corrected chi connectivity index (χ4v) is 1.99. The molecular formula is C19H34N2O5. The Hall–Kier alpha value is -1.82. The number of nitrogens with one attached hydrogen (secondary N) is 1. The lowest BCUT2D eigenvalue weighted by molar-refractivity contribution is -0.0124. The zero-order valence-electron chi connectivity index (χ0n) is 16.0. The maximum atomic E-state index is 9.56. The van der Waals surface area contributed by atoms with Crippen molar-refractivity contribution in [1.29, 1.82) is 0 Å². The van der Waals surface area contributed by atoms with Gasteiger partial charge in [-0.2, -0.15) is 5.90 Å². The van der Waals surface area contributed by atoms with E-state index in [-0.39, 0.29) is 21.2 Å². The maximum Gasteiger partial charge on any atom is 0.150 e. The van der Waals surface area contributed by atoms with Crippen LogP contribution in [0.25, 0.3) is 0 Å². The van der Waals surface area contributed by atoms with Gasteiger partial charge in [-0.3, -0.25) is 0 Å². The number of aliphatic hydroxyl groups excluding tert-OH is 1. The maximum absolute atomic E-state index is 9.56. The minimum atomic E-state index is -0.654. The molecule has 0 aliphatic heterocycles. The van der Waals surface area contributed by atoms with E-state index in [1.165, 1.54) is 0 Å². The Kier molecular flexibility index (Phi) is 15.5. The Balaban J connectivity index is 0. The lowest BCUT2D eigenvalue weighted by Gasteiger charge is -2.12. The normalized spacial score (nSPS) is 11.1. The minimum absolute atomic E-state index is 0. The van der Waals surface area contributed by atoms with E-state index in [0.29, 0.717) is 18.9 Å². The Morgan fingerprint density at radius 1 is 1.31 bits per heavy atom. The van der Waals surface area contributed by atoms with Crippen LogP contribution >= 0.6 is 0 Å². The number of methoxy groups -OCH3 is 1. The van der Waals surface area contributed by atoms with E-state index in [1.807, 2.05) is 19.9 Å². The predicted octanol–water partition coefficient (Wildman–Crippen LogP) is 1.73. The van der Waals surface area contributed by atoms with Crippen LogP contribution in [-0.4, -0.2) is 51.3 Å².